The van der Waals surface area contributed by atoms with E-state index in [1.165, 1.54) is 4.31 Å². The predicted octanol–water partition coefficient (Wildman–Crippen LogP) is -0.879. The van der Waals surface area contributed by atoms with Crippen LogP contribution in [0.1, 0.15) is 19.8 Å². The van der Waals surface area contributed by atoms with Crippen LogP contribution < -0.4 is 11.1 Å². The zero-order valence-corrected chi connectivity index (χ0v) is 11.2. The molecule has 1 unspecified atom stereocenters. The highest BCUT2D eigenvalue weighted by atomic mass is 32.2. The highest BCUT2D eigenvalue weighted by molar-refractivity contribution is 7.89. The quantitative estimate of drug-likeness (QED) is 0.689. The Labute approximate surface area is 103 Å². The molecule has 6 nitrogen and oxygen atoms in total. The number of nitrogens with two attached hydrogens (primary N) is 1. The van der Waals surface area contributed by atoms with Gasteiger partial charge in [-0.3, -0.25) is 4.79 Å². The summed E-state index contributed by atoms with van der Waals surface area (Å²) in [5.41, 5.74) is 5.39. The van der Waals surface area contributed by atoms with Gasteiger partial charge in [-0.05, 0) is 19.8 Å². The first-order valence-electron chi connectivity index (χ1n) is 5.84. The minimum atomic E-state index is -3.29. The number of hydrogen-bond donors (Lipinski definition) is 2. The van der Waals surface area contributed by atoms with Gasteiger partial charge < -0.3 is 11.1 Å². The molecule has 0 aromatic carbocycles. The van der Waals surface area contributed by atoms with Crippen molar-refractivity contribution in [2.75, 3.05) is 26.7 Å². The summed E-state index contributed by atoms with van der Waals surface area (Å²) in [6.45, 7) is 2.55. The molecule has 0 saturated carbocycles. The third-order valence-corrected chi connectivity index (χ3v) is 5.57. The third-order valence-electron chi connectivity index (χ3n) is 3.27. The smallest absolute Gasteiger partial charge is 0.222 e. The first-order valence-corrected chi connectivity index (χ1v) is 7.34. The molecule has 1 saturated heterocycles. The van der Waals surface area contributed by atoms with Crippen LogP contribution in [0.15, 0.2) is 0 Å². The predicted molar refractivity (Wildman–Crippen MR) is 65.8 cm³/mol. The zero-order chi connectivity index (χ0) is 13.1. The van der Waals surface area contributed by atoms with Crippen LogP contribution in [0.3, 0.4) is 0 Å². The van der Waals surface area contributed by atoms with Crippen molar-refractivity contribution in [3.8, 4) is 0 Å². The fraction of sp³-hybridized carbons (Fsp3) is 0.900. The molecule has 1 fully saturated rings. The molecule has 1 atom stereocenters. The standard InChI is InChI=1S/C10H21N3O3S/c1-8(7-11)17(15,16)13-5-3-9(4-6-13)10(14)12-2/h8-9H,3-7,11H2,1-2H3,(H,12,14). The lowest BCUT2D eigenvalue weighted by molar-refractivity contribution is -0.125. The molecule has 1 aliphatic rings. The minimum Gasteiger partial charge on any atom is -0.359 e. The van der Waals surface area contributed by atoms with E-state index in [0.29, 0.717) is 25.9 Å². The molecule has 0 aliphatic carbocycles. The SMILES string of the molecule is CNC(=O)C1CCN(S(=O)(=O)C(C)CN)CC1. The Morgan fingerprint density at radius 3 is 2.41 bits per heavy atom. The maximum atomic E-state index is 12.0. The summed E-state index contributed by atoms with van der Waals surface area (Å²) in [6, 6.07) is 0. The van der Waals surface area contributed by atoms with E-state index < -0.39 is 15.3 Å². The maximum absolute atomic E-state index is 12.0. The number of rotatable bonds is 4. The third kappa shape index (κ3) is 3.17. The van der Waals surface area contributed by atoms with E-state index in [4.69, 9.17) is 5.73 Å². The van der Waals surface area contributed by atoms with Gasteiger partial charge in [-0.2, -0.15) is 0 Å². The zero-order valence-electron chi connectivity index (χ0n) is 10.3. The van der Waals surface area contributed by atoms with Crippen LogP contribution in [0.4, 0.5) is 0 Å². The van der Waals surface area contributed by atoms with Crippen molar-refractivity contribution in [1.82, 2.24) is 9.62 Å². The van der Waals surface area contributed by atoms with Gasteiger partial charge in [0, 0.05) is 32.6 Å². The van der Waals surface area contributed by atoms with E-state index in [1.807, 2.05) is 0 Å². The van der Waals surface area contributed by atoms with Crippen molar-refractivity contribution < 1.29 is 13.2 Å². The molecule has 0 bridgehead atoms. The lowest BCUT2D eigenvalue weighted by atomic mass is 9.97. The van der Waals surface area contributed by atoms with Gasteiger partial charge in [0.1, 0.15) is 0 Å². The number of amides is 1. The number of hydrogen-bond acceptors (Lipinski definition) is 4. The van der Waals surface area contributed by atoms with E-state index in [0.717, 1.165) is 0 Å². The monoisotopic (exact) mass is 263 g/mol. The number of carbonyl (C=O) groups excluding carboxylic acids is 1. The van der Waals surface area contributed by atoms with E-state index in [9.17, 15) is 13.2 Å². The number of piperidine rings is 1. The van der Waals surface area contributed by atoms with Gasteiger partial charge in [-0.1, -0.05) is 0 Å². The molecule has 1 heterocycles. The second kappa shape index (κ2) is 5.79. The number of nitrogens with zero attached hydrogens (tertiary/aromatic N) is 1. The largest absolute Gasteiger partial charge is 0.359 e. The molecule has 7 heteroatoms. The Bertz CT molecular complexity index is 361. The van der Waals surface area contributed by atoms with Gasteiger partial charge in [0.25, 0.3) is 0 Å². The Morgan fingerprint density at radius 2 is 2.00 bits per heavy atom. The van der Waals surface area contributed by atoms with E-state index >= 15 is 0 Å². The van der Waals surface area contributed by atoms with Crippen molar-refractivity contribution >= 4 is 15.9 Å². The molecular formula is C10H21N3O3S. The van der Waals surface area contributed by atoms with Crippen molar-refractivity contribution in [3.63, 3.8) is 0 Å². The second-order valence-electron chi connectivity index (χ2n) is 4.38. The topological polar surface area (TPSA) is 92.5 Å². The Morgan fingerprint density at radius 1 is 1.47 bits per heavy atom. The van der Waals surface area contributed by atoms with E-state index in [1.54, 1.807) is 14.0 Å². The van der Waals surface area contributed by atoms with Gasteiger partial charge in [-0.25, -0.2) is 12.7 Å². The van der Waals surface area contributed by atoms with E-state index in [-0.39, 0.29) is 18.4 Å². The molecule has 100 valence electrons. The molecule has 0 aromatic rings. The first-order chi connectivity index (χ1) is 7.93. The average Bonchev–Trinajstić information content (AvgIpc) is 2.36. The van der Waals surface area contributed by atoms with Gasteiger partial charge in [-0.15, -0.1) is 0 Å². The molecule has 0 radical (unpaired) electrons. The molecule has 1 rings (SSSR count). The summed E-state index contributed by atoms with van der Waals surface area (Å²) < 4.78 is 25.5. The molecule has 17 heavy (non-hydrogen) atoms. The summed E-state index contributed by atoms with van der Waals surface area (Å²) in [6.07, 6.45) is 1.16. The average molecular weight is 263 g/mol. The van der Waals surface area contributed by atoms with Crippen molar-refractivity contribution in [2.24, 2.45) is 11.7 Å². The fourth-order valence-electron chi connectivity index (χ4n) is 1.95. The summed E-state index contributed by atoms with van der Waals surface area (Å²) in [5.74, 6) is -0.0754. The van der Waals surface area contributed by atoms with Gasteiger partial charge >= 0.3 is 0 Å². The summed E-state index contributed by atoms with van der Waals surface area (Å²) in [7, 11) is -1.69. The second-order valence-corrected chi connectivity index (χ2v) is 6.73. The molecular weight excluding hydrogens is 242 g/mol. The summed E-state index contributed by atoms with van der Waals surface area (Å²) >= 11 is 0. The lowest BCUT2D eigenvalue weighted by Gasteiger charge is -2.31. The molecule has 0 spiro atoms. The normalized spacial score (nSPS) is 21.1. The Kier molecular flexibility index (Phi) is 4.91. The Hall–Kier alpha value is -0.660. The van der Waals surface area contributed by atoms with Crippen LogP contribution in [-0.4, -0.2) is 50.6 Å². The molecule has 3 N–H and O–H groups in total. The van der Waals surface area contributed by atoms with Crippen LogP contribution >= 0.6 is 0 Å². The van der Waals surface area contributed by atoms with Gasteiger partial charge in [0.05, 0.1) is 5.25 Å². The van der Waals surface area contributed by atoms with Crippen molar-refractivity contribution in [2.45, 2.75) is 25.0 Å². The van der Waals surface area contributed by atoms with Crippen LogP contribution in [-0.2, 0) is 14.8 Å². The lowest BCUT2D eigenvalue weighted by Crippen LogP contribution is -2.46. The number of nitrogens with one attached hydrogen (secondary N) is 1. The van der Waals surface area contributed by atoms with Crippen LogP contribution in [0, 0.1) is 5.92 Å². The molecule has 0 aromatic heterocycles. The highest BCUT2D eigenvalue weighted by Crippen LogP contribution is 2.21. The first kappa shape index (κ1) is 14.4. The fourth-order valence-corrected chi connectivity index (χ4v) is 3.42. The minimum absolute atomic E-state index is 0.00563. The van der Waals surface area contributed by atoms with E-state index in [2.05, 4.69) is 5.32 Å². The van der Waals surface area contributed by atoms with Crippen LogP contribution in [0.2, 0.25) is 0 Å². The van der Waals surface area contributed by atoms with Crippen LogP contribution in [0.25, 0.3) is 0 Å². The number of carbonyl (C=O) groups is 1. The number of sulfonamides is 1. The maximum Gasteiger partial charge on any atom is 0.222 e. The van der Waals surface area contributed by atoms with Crippen molar-refractivity contribution in [1.29, 1.82) is 0 Å². The van der Waals surface area contributed by atoms with Crippen molar-refractivity contribution in [3.05, 3.63) is 0 Å². The summed E-state index contributed by atoms with van der Waals surface area (Å²) in [4.78, 5) is 11.4. The Balaban J connectivity index is 2.61. The highest BCUT2D eigenvalue weighted by Gasteiger charge is 2.33. The van der Waals surface area contributed by atoms with Gasteiger partial charge in [0.15, 0.2) is 0 Å². The molecule has 1 aliphatic heterocycles. The van der Waals surface area contributed by atoms with Crippen LogP contribution in [0.5, 0.6) is 0 Å². The van der Waals surface area contributed by atoms with Gasteiger partial charge in [0.2, 0.25) is 15.9 Å². The molecule has 1 amide bonds. The summed E-state index contributed by atoms with van der Waals surface area (Å²) in [5, 5.41) is 2.04.